The van der Waals surface area contributed by atoms with Crippen molar-refractivity contribution in [2.24, 2.45) is 10.9 Å². The minimum Gasteiger partial charge on any atom is -0.384 e. The van der Waals surface area contributed by atoms with Gasteiger partial charge in [0.15, 0.2) is 6.61 Å². The van der Waals surface area contributed by atoms with Crippen LogP contribution in [-0.4, -0.2) is 18.3 Å². The molecule has 0 radical (unpaired) electrons. The maximum Gasteiger partial charge on any atom is 0.265 e. The van der Waals surface area contributed by atoms with E-state index < -0.39 is 11.7 Å². The van der Waals surface area contributed by atoms with Crippen LogP contribution in [0.5, 0.6) is 0 Å². The lowest BCUT2D eigenvalue weighted by molar-refractivity contribution is -0.120. The summed E-state index contributed by atoms with van der Waals surface area (Å²) >= 11 is 0. The van der Waals surface area contributed by atoms with Gasteiger partial charge in [-0.1, -0.05) is 41.6 Å². The Kier molecular flexibility index (Phi) is 5.48. The summed E-state index contributed by atoms with van der Waals surface area (Å²) < 4.78 is 13.0. The summed E-state index contributed by atoms with van der Waals surface area (Å²) in [5.41, 5.74) is 7.06. The summed E-state index contributed by atoms with van der Waals surface area (Å²) in [5, 5.41) is 6.17. The summed E-state index contributed by atoms with van der Waals surface area (Å²) in [5.74, 6) is -0.601. The number of nitrogens with one attached hydrogen (secondary N) is 1. The topological polar surface area (TPSA) is 76.7 Å². The molecule has 0 fully saturated rings. The standard InChI is InChI=1S/C16H16FN3O2/c17-13-7-4-8-14(10-13)19-16(21)11-22-20-15(18)9-12-5-2-1-3-6-12/h1-8,10H,9,11H2,(H2,18,20)(H,19,21). The minimum atomic E-state index is -0.443. The summed E-state index contributed by atoms with van der Waals surface area (Å²) in [7, 11) is 0. The number of hydrogen-bond donors (Lipinski definition) is 2. The lowest BCUT2D eigenvalue weighted by Crippen LogP contribution is -2.20. The number of oxime groups is 1. The summed E-state index contributed by atoms with van der Waals surface area (Å²) in [6, 6.07) is 15.1. The molecule has 2 aromatic rings. The molecule has 2 rings (SSSR count). The first kappa shape index (κ1) is 15.5. The molecule has 0 saturated carbocycles. The van der Waals surface area contributed by atoms with Gasteiger partial charge in [-0.05, 0) is 23.8 Å². The van der Waals surface area contributed by atoms with E-state index in [9.17, 15) is 9.18 Å². The van der Waals surface area contributed by atoms with Gasteiger partial charge in [0.2, 0.25) is 0 Å². The fourth-order valence-electron chi connectivity index (χ4n) is 1.77. The molecule has 2 aromatic carbocycles. The fraction of sp³-hybridized carbons (Fsp3) is 0.125. The molecule has 0 aromatic heterocycles. The number of anilines is 1. The van der Waals surface area contributed by atoms with Crippen LogP contribution in [0.15, 0.2) is 59.8 Å². The molecule has 0 spiro atoms. The molecule has 0 unspecified atom stereocenters. The fourth-order valence-corrected chi connectivity index (χ4v) is 1.77. The maximum atomic E-state index is 13.0. The number of benzene rings is 2. The van der Waals surface area contributed by atoms with E-state index in [4.69, 9.17) is 10.6 Å². The predicted octanol–water partition coefficient (Wildman–Crippen LogP) is 2.30. The third-order valence-electron chi connectivity index (χ3n) is 2.71. The number of nitrogens with two attached hydrogens (primary N) is 1. The van der Waals surface area contributed by atoms with Gasteiger partial charge in [-0.3, -0.25) is 4.79 Å². The Morgan fingerprint density at radius 1 is 1.18 bits per heavy atom. The van der Waals surface area contributed by atoms with Crippen molar-refractivity contribution >= 4 is 17.4 Å². The van der Waals surface area contributed by atoms with Gasteiger partial charge in [0.1, 0.15) is 11.7 Å². The first-order valence-electron chi connectivity index (χ1n) is 6.67. The Hall–Kier alpha value is -2.89. The lowest BCUT2D eigenvalue weighted by atomic mass is 10.1. The molecule has 6 heteroatoms. The number of carbonyl (C=O) groups excluding carboxylic acids is 1. The van der Waals surface area contributed by atoms with Crippen molar-refractivity contribution in [1.29, 1.82) is 0 Å². The van der Waals surface area contributed by atoms with Gasteiger partial charge in [-0.15, -0.1) is 0 Å². The number of hydrogen-bond acceptors (Lipinski definition) is 3. The molecule has 1 amide bonds. The van der Waals surface area contributed by atoms with Crippen LogP contribution in [0.1, 0.15) is 5.56 Å². The number of amidine groups is 1. The molecular formula is C16H16FN3O2. The second-order valence-corrected chi connectivity index (χ2v) is 4.58. The van der Waals surface area contributed by atoms with Crippen molar-refractivity contribution in [3.8, 4) is 0 Å². The molecule has 0 aliphatic carbocycles. The zero-order valence-corrected chi connectivity index (χ0v) is 11.8. The van der Waals surface area contributed by atoms with Crippen molar-refractivity contribution in [2.75, 3.05) is 11.9 Å². The third-order valence-corrected chi connectivity index (χ3v) is 2.71. The highest BCUT2D eigenvalue weighted by molar-refractivity contribution is 5.91. The monoisotopic (exact) mass is 301 g/mol. The third kappa shape index (κ3) is 5.24. The number of nitrogens with zero attached hydrogens (tertiary/aromatic N) is 1. The average molecular weight is 301 g/mol. The van der Waals surface area contributed by atoms with Crippen molar-refractivity contribution < 1.29 is 14.0 Å². The van der Waals surface area contributed by atoms with Crippen molar-refractivity contribution in [1.82, 2.24) is 0 Å². The van der Waals surface area contributed by atoms with Crippen LogP contribution in [0, 0.1) is 5.82 Å². The number of amides is 1. The van der Waals surface area contributed by atoms with Gasteiger partial charge >= 0.3 is 0 Å². The molecule has 114 valence electrons. The second-order valence-electron chi connectivity index (χ2n) is 4.58. The molecule has 22 heavy (non-hydrogen) atoms. The zero-order valence-electron chi connectivity index (χ0n) is 11.8. The Balaban J connectivity index is 1.77. The van der Waals surface area contributed by atoms with Gasteiger partial charge in [-0.25, -0.2) is 4.39 Å². The smallest absolute Gasteiger partial charge is 0.265 e. The van der Waals surface area contributed by atoms with E-state index in [0.29, 0.717) is 12.1 Å². The van der Waals surface area contributed by atoms with E-state index in [-0.39, 0.29) is 12.4 Å². The summed E-state index contributed by atoms with van der Waals surface area (Å²) in [4.78, 5) is 16.5. The van der Waals surface area contributed by atoms with Crippen LogP contribution in [0.3, 0.4) is 0 Å². The molecule has 0 bridgehead atoms. The van der Waals surface area contributed by atoms with Crippen molar-refractivity contribution in [3.05, 3.63) is 66.0 Å². The predicted molar refractivity (Wildman–Crippen MR) is 82.8 cm³/mol. The van der Waals surface area contributed by atoms with Gasteiger partial charge < -0.3 is 15.9 Å². The van der Waals surface area contributed by atoms with Crippen LogP contribution in [0.2, 0.25) is 0 Å². The average Bonchev–Trinajstić information content (AvgIpc) is 2.48. The minimum absolute atomic E-state index is 0.268. The quantitative estimate of drug-likeness (QED) is 0.488. The second kappa shape index (κ2) is 7.78. The number of carbonyl (C=O) groups is 1. The van der Waals surface area contributed by atoms with Crippen molar-refractivity contribution in [2.45, 2.75) is 6.42 Å². The van der Waals surface area contributed by atoms with E-state index >= 15 is 0 Å². The normalized spacial score (nSPS) is 11.0. The SMILES string of the molecule is N/C(Cc1ccccc1)=N\OCC(=O)Nc1cccc(F)c1. The molecule has 5 nitrogen and oxygen atoms in total. The zero-order chi connectivity index (χ0) is 15.8. The van der Waals surface area contributed by atoms with Crippen LogP contribution in [-0.2, 0) is 16.1 Å². The highest BCUT2D eigenvalue weighted by atomic mass is 19.1. The molecule has 3 N–H and O–H groups in total. The van der Waals surface area contributed by atoms with E-state index in [1.165, 1.54) is 18.2 Å². The molecule has 0 aliphatic heterocycles. The number of rotatable bonds is 6. The first-order chi connectivity index (χ1) is 10.6. The largest absolute Gasteiger partial charge is 0.384 e. The van der Waals surface area contributed by atoms with Gasteiger partial charge in [-0.2, -0.15) is 0 Å². The van der Waals surface area contributed by atoms with Crippen LogP contribution in [0.4, 0.5) is 10.1 Å². The summed E-state index contributed by atoms with van der Waals surface area (Å²) in [6.45, 7) is -0.300. The van der Waals surface area contributed by atoms with E-state index in [0.717, 1.165) is 5.56 Å². The Bertz CT molecular complexity index is 659. The highest BCUT2D eigenvalue weighted by Gasteiger charge is 2.04. The Morgan fingerprint density at radius 3 is 2.68 bits per heavy atom. The molecular weight excluding hydrogens is 285 g/mol. The molecule has 0 saturated heterocycles. The summed E-state index contributed by atoms with van der Waals surface area (Å²) in [6.07, 6.45) is 0.437. The Morgan fingerprint density at radius 2 is 1.95 bits per heavy atom. The van der Waals surface area contributed by atoms with Crippen LogP contribution in [0.25, 0.3) is 0 Å². The maximum absolute atomic E-state index is 13.0. The van der Waals surface area contributed by atoms with E-state index in [2.05, 4.69) is 10.5 Å². The molecule has 0 heterocycles. The lowest BCUT2D eigenvalue weighted by Gasteiger charge is -2.05. The van der Waals surface area contributed by atoms with Crippen LogP contribution < -0.4 is 11.1 Å². The molecule has 0 aliphatic rings. The molecule has 0 atom stereocenters. The van der Waals surface area contributed by atoms with Crippen molar-refractivity contribution in [3.63, 3.8) is 0 Å². The first-order valence-corrected chi connectivity index (χ1v) is 6.67. The Labute approximate surface area is 127 Å². The number of halogens is 1. The van der Waals surface area contributed by atoms with E-state index in [1.807, 2.05) is 30.3 Å². The van der Waals surface area contributed by atoms with Gasteiger partial charge in [0, 0.05) is 12.1 Å². The van der Waals surface area contributed by atoms with Gasteiger partial charge in [0.05, 0.1) is 0 Å². The highest BCUT2D eigenvalue weighted by Crippen LogP contribution is 2.08. The van der Waals surface area contributed by atoms with Gasteiger partial charge in [0.25, 0.3) is 5.91 Å². The van der Waals surface area contributed by atoms with E-state index in [1.54, 1.807) is 6.07 Å². The van der Waals surface area contributed by atoms with Crippen LogP contribution >= 0.6 is 0 Å².